The molecule has 1 N–H and O–H groups in total. The lowest BCUT2D eigenvalue weighted by atomic mass is 9.87. The van der Waals surface area contributed by atoms with Crippen molar-refractivity contribution in [3.63, 3.8) is 0 Å². The minimum absolute atomic E-state index is 0.0361. The van der Waals surface area contributed by atoms with Gasteiger partial charge in [0.25, 0.3) is 5.91 Å². The molecule has 5 nitrogen and oxygen atoms in total. The fraction of sp³-hybridized carbons (Fsp3) is 0.417. The summed E-state index contributed by atoms with van der Waals surface area (Å²) in [5, 5.41) is 8.88. The zero-order chi connectivity index (χ0) is 13.3. The van der Waals surface area contributed by atoms with Crippen molar-refractivity contribution in [1.82, 2.24) is 9.88 Å². The molecule has 0 radical (unpaired) electrons. The Balaban J connectivity index is 1.99. The first kappa shape index (κ1) is 13.0. The van der Waals surface area contributed by atoms with E-state index in [1.807, 2.05) is 0 Å². The van der Waals surface area contributed by atoms with Gasteiger partial charge in [0, 0.05) is 29.7 Å². The van der Waals surface area contributed by atoms with Gasteiger partial charge in [-0.15, -0.1) is 0 Å². The van der Waals surface area contributed by atoms with E-state index in [1.165, 1.54) is 0 Å². The first-order chi connectivity index (χ1) is 8.50. The lowest BCUT2D eigenvalue weighted by Gasteiger charge is -2.41. The lowest BCUT2D eigenvalue weighted by Crippen LogP contribution is -2.53. The highest BCUT2D eigenvalue weighted by atomic mass is 79.9. The number of amides is 1. The molecule has 18 heavy (non-hydrogen) atoms. The summed E-state index contributed by atoms with van der Waals surface area (Å²) < 4.78 is 0.657. The van der Waals surface area contributed by atoms with Crippen LogP contribution in [0.1, 0.15) is 17.4 Å². The summed E-state index contributed by atoms with van der Waals surface area (Å²) >= 11 is 3.28. The van der Waals surface area contributed by atoms with Gasteiger partial charge in [0.2, 0.25) is 0 Å². The van der Waals surface area contributed by atoms with Crippen molar-refractivity contribution in [1.29, 1.82) is 0 Å². The molecular formula is C12H13BrN2O3. The van der Waals surface area contributed by atoms with E-state index in [9.17, 15) is 9.59 Å². The number of hydrogen-bond donors (Lipinski definition) is 1. The molecule has 1 aromatic rings. The van der Waals surface area contributed by atoms with E-state index >= 15 is 0 Å². The Bertz CT molecular complexity index is 486. The Kier molecular flexibility index (Phi) is 3.65. The summed E-state index contributed by atoms with van der Waals surface area (Å²) in [5.41, 5.74) is 0.374. The predicted octanol–water partition coefficient (Wildman–Crippen LogP) is 1.64. The fourth-order valence-electron chi connectivity index (χ4n) is 1.89. The normalized spacial score (nSPS) is 17.1. The topological polar surface area (TPSA) is 70.5 Å². The zero-order valence-electron chi connectivity index (χ0n) is 9.84. The molecule has 0 bridgehead atoms. The molecule has 1 unspecified atom stereocenters. The van der Waals surface area contributed by atoms with E-state index in [1.54, 1.807) is 30.2 Å². The van der Waals surface area contributed by atoms with E-state index in [0.29, 0.717) is 23.3 Å². The molecule has 1 aromatic heterocycles. The van der Waals surface area contributed by atoms with Gasteiger partial charge < -0.3 is 10.0 Å². The quantitative estimate of drug-likeness (QED) is 0.921. The monoisotopic (exact) mass is 312 g/mol. The molecule has 0 aliphatic carbocycles. The highest BCUT2D eigenvalue weighted by molar-refractivity contribution is 9.10. The second kappa shape index (κ2) is 5.06. The van der Waals surface area contributed by atoms with Gasteiger partial charge in [0.05, 0.1) is 5.92 Å². The van der Waals surface area contributed by atoms with Crippen LogP contribution in [0.2, 0.25) is 0 Å². The van der Waals surface area contributed by atoms with E-state index < -0.39 is 11.9 Å². The Morgan fingerprint density at radius 3 is 2.78 bits per heavy atom. The highest BCUT2D eigenvalue weighted by Crippen LogP contribution is 2.26. The van der Waals surface area contributed by atoms with Crippen molar-refractivity contribution >= 4 is 27.8 Å². The molecule has 96 valence electrons. The Morgan fingerprint density at radius 2 is 2.22 bits per heavy atom. The minimum atomic E-state index is -0.814. The van der Waals surface area contributed by atoms with Gasteiger partial charge in [-0.25, -0.2) is 4.98 Å². The lowest BCUT2D eigenvalue weighted by molar-refractivity contribution is -0.144. The van der Waals surface area contributed by atoms with Crippen molar-refractivity contribution in [2.24, 2.45) is 11.8 Å². The van der Waals surface area contributed by atoms with E-state index in [2.05, 4.69) is 20.9 Å². The Hall–Kier alpha value is -1.43. The van der Waals surface area contributed by atoms with Gasteiger partial charge in [-0.3, -0.25) is 9.59 Å². The van der Waals surface area contributed by atoms with Gasteiger partial charge in [-0.1, -0.05) is 6.92 Å². The number of pyridine rings is 1. The maximum atomic E-state index is 12.1. The number of carboxylic acids is 1. The van der Waals surface area contributed by atoms with Crippen molar-refractivity contribution < 1.29 is 14.7 Å². The molecule has 1 aliphatic rings. The maximum Gasteiger partial charge on any atom is 0.306 e. The second-order valence-electron chi connectivity index (χ2n) is 4.43. The van der Waals surface area contributed by atoms with Gasteiger partial charge in [0.1, 0.15) is 5.69 Å². The molecule has 0 spiro atoms. The number of carbonyl (C=O) groups excluding carboxylic acids is 1. The van der Waals surface area contributed by atoms with Crippen molar-refractivity contribution in [3.8, 4) is 0 Å². The average molecular weight is 313 g/mol. The van der Waals surface area contributed by atoms with Gasteiger partial charge in [0.15, 0.2) is 0 Å². The molecule has 1 aliphatic heterocycles. The van der Waals surface area contributed by atoms with Crippen LogP contribution in [0.15, 0.2) is 22.8 Å². The van der Waals surface area contributed by atoms with Crippen LogP contribution < -0.4 is 0 Å². The van der Waals surface area contributed by atoms with Crippen LogP contribution >= 0.6 is 15.9 Å². The Morgan fingerprint density at radius 1 is 1.56 bits per heavy atom. The number of likely N-dealkylation sites (tertiary alicyclic amines) is 1. The van der Waals surface area contributed by atoms with Crippen molar-refractivity contribution in [2.75, 3.05) is 13.1 Å². The fourth-order valence-corrected chi connectivity index (χ4v) is 2.31. The van der Waals surface area contributed by atoms with Crippen LogP contribution in [0.4, 0.5) is 0 Å². The third-order valence-electron chi connectivity index (χ3n) is 3.25. The summed E-state index contributed by atoms with van der Waals surface area (Å²) in [6, 6.07) is 3.50. The van der Waals surface area contributed by atoms with Crippen molar-refractivity contribution in [2.45, 2.75) is 6.92 Å². The number of hydrogen-bond acceptors (Lipinski definition) is 3. The maximum absolute atomic E-state index is 12.1. The third-order valence-corrected chi connectivity index (χ3v) is 3.89. The van der Waals surface area contributed by atoms with Gasteiger partial charge in [-0.05, 0) is 28.1 Å². The smallest absolute Gasteiger partial charge is 0.306 e. The van der Waals surface area contributed by atoms with E-state index in [4.69, 9.17) is 5.11 Å². The number of aliphatic carboxylic acids is 1. The van der Waals surface area contributed by atoms with Crippen LogP contribution in [-0.2, 0) is 4.79 Å². The average Bonchev–Trinajstić information content (AvgIpc) is 2.27. The van der Waals surface area contributed by atoms with Gasteiger partial charge in [-0.2, -0.15) is 0 Å². The molecule has 2 heterocycles. The molecule has 1 saturated heterocycles. The molecule has 1 amide bonds. The SMILES string of the molecule is CC(C(=O)O)C1CN(C(=O)c2ncccc2Br)C1. The standard InChI is InChI=1S/C12H13BrN2O3/c1-7(12(17)18)8-5-15(6-8)11(16)10-9(13)3-2-4-14-10/h2-4,7-8H,5-6H2,1H3,(H,17,18). The molecule has 1 atom stereocenters. The highest BCUT2D eigenvalue weighted by Gasteiger charge is 2.38. The number of nitrogens with zero attached hydrogens (tertiary/aromatic N) is 2. The number of aromatic nitrogens is 1. The number of carboxylic acid groups (broad SMARTS) is 1. The van der Waals surface area contributed by atoms with E-state index in [0.717, 1.165) is 0 Å². The largest absolute Gasteiger partial charge is 0.481 e. The number of carbonyl (C=O) groups is 2. The van der Waals surface area contributed by atoms with Crippen LogP contribution in [-0.4, -0.2) is 40.0 Å². The molecule has 0 saturated carbocycles. The number of halogens is 1. The predicted molar refractivity (Wildman–Crippen MR) is 68.1 cm³/mol. The van der Waals surface area contributed by atoms with Gasteiger partial charge >= 0.3 is 5.97 Å². The third kappa shape index (κ3) is 2.38. The van der Waals surface area contributed by atoms with Crippen molar-refractivity contribution in [3.05, 3.63) is 28.5 Å². The summed E-state index contributed by atoms with van der Waals surface area (Å²) in [7, 11) is 0. The second-order valence-corrected chi connectivity index (χ2v) is 5.29. The molecule has 0 aromatic carbocycles. The van der Waals surface area contributed by atoms with E-state index in [-0.39, 0.29) is 11.8 Å². The molecule has 1 fully saturated rings. The molecular weight excluding hydrogens is 300 g/mol. The van der Waals surface area contributed by atoms with Crippen LogP contribution in [0.3, 0.4) is 0 Å². The summed E-state index contributed by atoms with van der Waals surface area (Å²) in [4.78, 5) is 28.5. The summed E-state index contributed by atoms with van der Waals surface area (Å²) in [6.07, 6.45) is 1.56. The minimum Gasteiger partial charge on any atom is -0.481 e. The molecule has 2 rings (SSSR count). The van der Waals surface area contributed by atoms with Crippen LogP contribution in [0, 0.1) is 11.8 Å². The summed E-state index contributed by atoms with van der Waals surface area (Å²) in [5.74, 6) is -1.35. The van der Waals surface area contributed by atoms with Crippen LogP contribution in [0.25, 0.3) is 0 Å². The van der Waals surface area contributed by atoms with Crippen LogP contribution in [0.5, 0.6) is 0 Å². The zero-order valence-corrected chi connectivity index (χ0v) is 11.4. The first-order valence-electron chi connectivity index (χ1n) is 5.63. The molecule has 6 heteroatoms. The number of rotatable bonds is 3. The Labute approximate surface area is 113 Å². The summed E-state index contributed by atoms with van der Waals surface area (Å²) in [6.45, 7) is 2.64. The first-order valence-corrected chi connectivity index (χ1v) is 6.42.